The van der Waals surface area contributed by atoms with Gasteiger partial charge in [-0.2, -0.15) is 13.2 Å². The fraction of sp³-hybridized carbons (Fsp3) is 0.0833. The first-order valence-corrected chi connectivity index (χ1v) is 4.87. The van der Waals surface area contributed by atoms with E-state index < -0.39 is 17.7 Å². The smallest absolute Gasteiger partial charge is 0.416 e. The Balaban J connectivity index is 2.41. The third-order valence-corrected chi connectivity index (χ3v) is 2.33. The lowest BCUT2D eigenvalue weighted by molar-refractivity contribution is -0.137. The predicted octanol–water partition coefficient (Wildman–Crippen LogP) is 3.66. The van der Waals surface area contributed by atoms with Gasteiger partial charge in [0.05, 0.1) is 11.8 Å². The molecule has 1 aromatic heterocycles. The van der Waals surface area contributed by atoms with Gasteiger partial charge >= 0.3 is 12.1 Å². The first kappa shape index (κ1) is 12.2. The first-order valence-electron chi connectivity index (χ1n) is 4.87. The fourth-order valence-corrected chi connectivity index (χ4v) is 1.47. The van der Waals surface area contributed by atoms with Crippen molar-refractivity contribution in [2.75, 3.05) is 0 Å². The van der Waals surface area contributed by atoms with Crippen molar-refractivity contribution in [3.63, 3.8) is 0 Å². The second kappa shape index (κ2) is 4.21. The molecule has 94 valence electrons. The SMILES string of the molecule is O=C(O)c1cc(-c2cccc(C(F)(F)F)c2)co1. The van der Waals surface area contributed by atoms with Crippen molar-refractivity contribution in [2.24, 2.45) is 0 Å². The number of hydrogen-bond donors (Lipinski definition) is 1. The van der Waals surface area contributed by atoms with E-state index in [1.807, 2.05) is 0 Å². The topological polar surface area (TPSA) is 50.4 Å². The summed E-state index contributed by atoms with van der Waals surface area (Å²) in [4.78, 5) is 10.6. The Morgan fingerprint density at radius 2 is 1.89 bits per heavy atom. The molecule has 6 heteroatoms. The van der Waals surface area contributed by atoms with Crippen LogP contribution in [0.1, 0.15) is 16.1 Å². The van der Waals surface area contributed by atoms with E-state index in [4.69, 9.17) is 9.52 Å². The number of halogens is 3. The highest BCUT2D eigenvalue weighted by atomic mass is 19.4. The van der Waals surface area contributed by atoms with Crippen LogP contribution >= 0.6 is 0 Å². The van der Waals surface area contributed by atoms with E-state index in [0.717, 1.165) is 18.4 Å². The van der Waals surface area contributed by atoms with E-state index in [2.05, 4.69) is 0 Å². The molecule has 0 radical (unpaired) electrons. The Labute approximate surface area is 99.5 Å². The Kier molecular flexibility index (Phi) is 2.86. The largest absolute Gasteiger partial charge is 0.475 e. The predicted molar refractivity (Wildman–Crippen MR) is 56.1 cm³/mol. The van der Waals surface area contributed by atoms with Crippen LogP contribution in [0.5, 0.6) is 0 Å². The molecule has 0 aliphatic heterocycles. The number of carboxylic acid groups (broad SMARTS) is 1. The average molecular weight is 256 g/mol. The van der Waals surface area contributed by atoms with Crippen LogP contribution < -0.4 is 0 Å². The highest BCUT2D eigenvalue weighted by Gasteiger charge is 2.30. The number of hydrogen-bond acceptors (Lipinski definition) is 2. The highest BCUT2D eigenvalue weighted by molar-refractivity contribution is 5.86. The molecule has 0 aliphatic rings. The zero-order valence-electron chi connectivity index (χ0n) is 8.86. The molecule has 1 N–H and O–H groups in total. The van der Waals surface area contributed by atoms with Crippen molar-refractivity contribution in [2.45, 2.75) is 6.18 Å². The summed E-state index contributed by atoms with van der Waals surface area (Å²) >= 11 is 0. The monoisotopic (exact) mass is 256 g/mol. The maximum Gasteiger partial charge on any atom is 0.416 e. The molecule has 1 aromatic carbocycles. The Hall–Kier alpha value is -2.24. The summed E-state index contributed by atoms with van der Waals surface area (Å²) in [7, 11) is 0. The van der Waals surface area contributed by atoms with Crippen LogP contribution in [-0.4, -0.2) is 11.1 Å². The molecule has 0 amide bonds. The van der Waals surface area contributed by atoms with E-state index in [0.29, 0.717) is 5.56 Å². The van der Waals surface area contributed by atoms with Crippen molar-refractivity contribution >= 4 is 5.97 Å². The van der Waals surface area contributed by atoms with E-state index in [9.17, 15) is 18.0 Å². The number of alkyl halides is 3. The second-order valence-electron chi connectivity index (χ2n) is 3.58. The number of benzene rings is 1. The van der Waals surface area contributed by atoms with Gasteiger partial charge in [0.25, 0.3) is 0 Å². The van der Waals surface area contributed by atoms with Crippen LogP contribution in [-0.2, 0) is 6.18 Å². The van der Waals surface area contributed by atoms with Gasteiger partial charge in [0.15, 0.2) is 0 Å². The molecular weight excluding hydrogens is 249 g/mol. The average Bonchev–Trinajstić information content (AvgIpc) is 2.77. The molecule has 2 rings (SSSR count). The Morgan fingerprint density at radius 3 is 2.44 bits per heavy atom. The lowest BCUT2D eigenvalue weighted by Gasteiger charge is -2.07. The number of furan rings is 1. The van der Waals surface area contributed by atoms with Crippen molar-refractivity contribution in [1.82, 2.24) is 0 Å². The van der Waals surface area contributed by atoms with Crippen LogP contribution in [0.25, 0.3) is 11.1 Å². The molecule has 0 saturated carbocycles. The number of aromatic carboxylic acids is 1. The van der Waals surface area contributed by atoms with Crippen LogP contribution in [0, 0.1) is 0 Å². The third-order valence-electron chi connectivity index (χ3n) is 2.33. The molecule has 0 fully saturated rings. The van der Waals surface area contributed by atoms with E-state index in [1.54, 1.807) is 0 Å². The number of carbonyl (C=O) groups is 1. The maximum atomic E-state index is 12.5. The van der Waals surface area contributed by atoms with Gasteiger partial charge in [-0.25, -0.2) is 4.79 Å². The minimum atomic E-state index is -4.44. The van der Waals surface area contributed by atoms with E-state index in [1.165, 1.54) is 18.2 Å². The zero-order chi connectivity index (χ0) is 13.3. The van der Waals surface area contributed by atoms with Gasteiger partial charge in [-0.05, 0) is 23.8 Å². The van der Waals surface area contributed by atoms with Gasteiger partial charge in [0.2, 0.25) is 5.76 Å². The minimum absolute atomic E-state index is 0.251. The van der Waals surface area contributed by atoms with Crippen LogP contribution in [0.4, 0.5) is 13.2 Å². The van der Waals surface area contributed by atoms with Crippen LogP contribution in [0.15, 0.2) is 41.0 Å². The summed E-state index contributed by atoms with van der Waals surface area (Å²) < 4.78 is 42.2. The lowest BCUT2D eigenvalue weighted by Crippen LogP contribution is -2.04. The molecular formula is C12H7F3O3. The second-order valence-corrected chi connectivity index (χ2v) is 3.58. The van der Waals surface area contributed by atoms with Crippen molar-refractivity contribution in [3.8, 4) is 11.1 Å². The summed E-state index contributed by atoms with van der Waals surface area (Å²) in [6.45, 7) is 0. The molecule has 0 atom stereocenters. The number of rotatable bonds is 2. The molecule has 2 aromatic rings. The molecule has 0 saturated heterocycles. The van der Waals surface area contributed by atoms with Gasteiger partial charge in [-0.15, -0.1) is 0 Å². The normalized spacial score (nSPS) is 11.5. The summed E-state index contributed by atoms with van der Waals surface area (Å²) in [5, 5.41) is 8.66. The first-order chi connectivity index (χ1) is 8.38. The molecule has 3 nitrogen and oxygen atoms in total. The third kappa shape index (κ3) is 2.37. The summed E-state index contributed by atoms with van der Waals surface area (Å²) in [5.74, 6) is -1.59. The van der Waals surface area contributed by atoms with Gasteiger partial charge in [-0.1, -0.05) is 12.1 Å². The Bertz CT molecular complexity index is 584. The summed E-state index contributed by atoms with van der Waals surface area (Å²) in [6, 6.07) is 5.77. The quantitative estimate of drug-likeness (QED) is 0.891. The van der Waals surface area contributed by atoms with Crippen LogP contribution in [0.3, 0.4) is 0 Å². The molecule has 0 bridgehead atoms. The molecule has 18 heavy (non-hydrogen) atoms. The van der Waals surface area contributed by atoms with Crippen molar-refractivity contribution in [3.05, 3.63) is 47.9 Å². The van der Waals surface area contributed by atoms with Gasteiger partial charge < -0.3 is 9.52 Å². The summed E-state index contributed by atoms with van der Waals surface area (Å²) in [5.41, 5.74) is -0.252. The standard InChI is InChI=1S/C12H7F3O3/c13-12(14,15)9-3-1-2-7(4-9)8-5-10(11(16)17)18-6-8/h1-6H,(H,16,17). The van der Waals surface area contributed by atoms with Crippen LogP contribution in [0.2, 0.25) is 0 Å². The maximum absolute atomic E-state index is 12.5. The zero-order valence-corrected chi connectivity index (χ0v) is 8.86. The number of carboxylic acids is 1. The molecule has 0 unspecified atom stereocenters. The summed E-state index contributed by atoms with van der Waals surface area (Å²) in [6.07, 6.45) is -3.33. The molecule has 0 spiro atoms. The Morgan fingerprint density at radius 1 is 1.17 bits per heavy atom. The van der Waals surface area contributed by atoms with E-state index >= 15 is 0 Å². The van der Waals surface area contributed by atoms with Crippen molar-refractivity contribution in [1.29, 1.82) is 0 Å². The highest BCUT2D eigenvalue weighted by Crippen LogP contribution is 2.32. The molecule has 1 heterocycles. The molecule has 0 aliphatic carbocycles. The van der Waals surface area contributed by atoms with Gasteiger partial charge in [0, 0.05) is 5.56 Å². The van der Waals surface area contributed by atoms with Gasteiger partial charge in [-0.3, -0.25) is 0 Å². The minimum Gasteiger partial charge on any atom is -0.475 e. The fourth-order valence-electron chi connectivity index (χ4n) is 1.47. The van der Waals surface area contributed by atoms with Crippen molar-refractivity contribution < 1.29 is 27.5 Å². The van der Waals surface area contributed by atoms with E-state index in [-0.39, 0.29) is 11.3 Å². The van der Waals surface area contributed by atoms with Gasteiger partial charge in [0.1, 0.15) is 0 Å². The lowest BCUT2D eigenvalue weighted by atomic mass is 10.1.